The summed E-state index contributed by atoms with van der Waals surface area (Å²) in [5.74, 6) is -0.320. The van der Waals surface area contributed by atoms with Crippen molar-refractivity contribution in [2.24, 2.45) is 0 Å². The SMILES string of the molecule is CCOOCc1cn(Cc2cn(-c3ccc(N4C[C@H](CNC(=O)OC)OC4=O)cc3F)nn2)nc1N. The van der Waals surface area contributed by atoms with E-state index in [1.165, 1.54) is 28.8 Å². The monoisotopic (exact) mass is 504 g/mol. The van der Waals surface area contributed by atoms with Crippen molar-refractivity contribution in [3.63, 3.8) is 0 Å². The molecule has 14 nitrogen and oxygen atoms in total. The molecule has 0 bridgehead atoms. The van der Waals surface area contributed by atoms with E-state index in [0.717, 1.165) is 0 Å². The van der Waals surface area contributed by atoms with Crippen molar-refractivity contribution in [1.29, 1.82) is 0 Å². The second-order valence-electron chi connectivity index (χ2n) is 7.68. The second kappa shape index (κ2) is 11.0. The molecule has 0 spiro atoms. The molecule has 15 heteroatoms. The minimum absolute atomic E-state index is 0.0696. The molecule has 3 N–H and O–H groups in total. The number of nitrogen functional groups attached to an aromatic ring is 1. The Kier molecular flexibility index (Phi) is 7.60. The molecule has 2 amide bonds. The highest BCUT2D eigenvalue weighted by Crippen LogP contribution is 2.25. The van der Waals surface area contributed by atoms with Crippen LogP contribution in [-0.2, 0) is 32.4 Å². The van der Waals surface area contributed by atoms with Gasteiger partial charge in [0.25, 0.3) is 0 Å². The number of alkyl carbamates (subject to hydrolysis) is 1. The molecule has 1 aliphatic heterocycles. The number of nitrogens with zero attached hydrogens (tertiary/aromatic N) is 6. The van der Waals surface area contributed by atoms with E-state index in [2.05, 4.69) is 25.5 Å². The third kappa shape index (κ3) is 5.69. The number of carbonyl (C=O) groups excluding carboxylic acids is 2. The Morgan fingerprint density at radius 1 is 1.33 bits per heavy atom. The summed E-state index contributed by atoms with van der Waals surface area (Å²) in [6.45, 7) is 2.82. The lowest BCUT2D eigenvalue weighted by molar-refractivity contribution is -0.300. The van der Waals surface area contributed by atoms with Gasteiger partial charge in [-0.1, -0.05) is 5.21 Å². The Hall–Kier alpha value is -4.24. The number of ether oxygens (including phenoxy) is 2. The fraction of sp³-hybridized carbons (Fsp3) is 0.381. The molecule has 3 aromatic rings. The lowest BCUT2D eigenvalue weighted by Crippen LogP contribution is -2.34. The molecule has 0 radical (unpaired) electrons. The third-order valence-electron chi connectivity index (χ3n) is 5.17. The topological polar surface area (TPSA) is 161 Å². The molecule has 1 atom stereocenters. The lowest BCUT2D eigenvalue weighted by atomic mass is 10.2. The molecule has 0 aliphatic carbocycles. The number of anilines is 2. The molecule has 3 heterocycles. The van der Waals surface area contributed by atoms with Gasteiger partial charge in [0, 0.05) is 11.8 Å². The van der Waals surface area contributed by atoms with Crippen molar-refractivity contribution in [2.45, 2.75) is 26.2 Å². The smallest absolute Gasteiger partial charge is 0.414 e. The number of cyclic esters (lactones) is 1. The molecule has 1 fully saturated rings. The van der Waals surface area contributed by atoms with Gasteiger partial charge in [0.05, 0.1) is 45.2 Å². The van der Waals surface area contributed by atoms with Crippen LogP contribution in [0.4, 0.5) is 25.5 Å². The van der Waals surface area contributed by atoms with Crippen LogP contribution in [0.15, 0.2) is 30.6 Å². The standard InChI is InChI=1S/C21H25FN8O6/c1-3-34-35-12-13-8-28(26-19(13)23)9-14-10-30(27-25-14)18-5-4-15(6-17(18)22)29-11-16(36-21(29)32)7-24-20(31)33-2/h4-6,8,10,16H,3,7,9,11-12H2,1-2H3,(H2,23,26)(H,24,31)/t16-/m0/s1. The van der Waals surface area contributed by atoms with E-state index >= 15 is 0 Å². The van der Waals surface area contributed by atoms with E-state index in [0.29, 0.717) is 29.4 Å². The van der Waals surface area contributed by atoms with Gasteiger partial charge < -0.3 is 20.5 Å². The molecular formula is C21H25FN8O6. The zero-order valence-electron chi connectivity index (χ0n) is 19.6. The van der Waals surface area contributed by atoms with Crippen LogP contribution in [0, 0.1) is 5.82 Å². The number of hydrogen-bond donors (Lipinski definition) is 2. The van der Waals surface area contributed by atoms with Gasteiger partial charge in [0.15, 0.2) is 11.6 Å². The highest BCUT2D eigenvalue weighted by atomic mass is 19.1. The second-order valence-corrected chi connectivity index (χ2v) is 7.68. The number of methoxy groups -OCH3 is 1. The molecule has 1 aromatic carbocycles. The fourth-order valence-electron chi connectivity index (χ4n) is 3.47. The quantitative estimate of drug-likeness (QED) is 0.234. The molecule has 0 saturated carbocycles. The van der Waals surface area contributed by atoms with Gasteiger partial charge in [-0.25, -0.2) is 28.4 Å². The first-order valence-electron chi connectivity index (χ1n) is 10.9. The highest BCUT2D eigenvalue weighted by molar-refractivity contribution is 5.90. The summed E-state index contributed by atoms with van der Waals surface area (Å²) < 4.78 is 27.5. The van der Waals surface area contributed by atoms with Gasteiger partial charge in [0.1, 0.15) is 24.1 Å². The van der Waals surface area contributed by atoms with Crippen molar-refractivity contribution < 1.29 is 33.2 Å². The van der Waals surface area contributed by atoms with Crippen LogP contribution in [0.3, 0.4) is 0 Å². The van der Waals surface area contributed by atoms with E-state index in [-0.39, 0.29) is 31.9 Å². The fourth-order valence-corrected chi connectivity index (χ4v) is 3.47. The van der Waals surface area contributed by atoms with Crippen molar-refractivity contribution in [3.8, 4) is 5.69 Å². The van der Waals surface area contributed by atoms with Gasteiger partial charge in [0.2, 0.25) is 0 Å². The number of carbonyl (C=O) groups is 2. The van der Waals surface area contributed by atoms with Gasteiger partial charge in [-0.05, 0) is 25.1 Å². The number of rotatable bonds is 10. The Bertz CT molecular complexity index is 1230. The van der Waals surface area contributed by atoms with Gasteiger partial charge in [-0.3, -0.25) is 9.58 Å². The molecule has 192 valence electrons. The van der Waals surface area contributed by atoms with E-state index in [4.69, 9.17) is 20.2 Å². The normalized spacial score (nSPS) is 15.2. The summed E-state index contributed by atoms with van der Waals surface area (Å²) in [5.41, 5.74) is 7.51. The van der Waals surface area contributed by atoms with Gasteiger partial charge >= 0.3 is 12.2 Å². The molecule has 1 aliphatic rings. The van der Waals surface area contributed by atoms with Crippen molar-refractivity contribution in [1.82, 2.24) is 30.1 Å². The number of benzene rings is 1. The minimum Gasteiger partial charge on any atom is -0.453 e. The largest absolute Gasteiger partial charge is 0.453 e. The summed E-state index contributed by atoms with van der Waals surface area (Å²) >= 11 is 0. The summed E-state index contributed by atoms with van der Waals surface area (Å²) in [5, 5.41) is 14.7. The molecule has 36 heavy (non-hydrogen) atoms. The van der Waals surface area contributed by atoms with Gasteiger partial charge in [-0.15, -0.1) is 5.10 Å². The number of hydrogen-bond acceptors (Lipinski definition) is 10. The number of amides is 2. The Balaban J connectivity index is 1.40. The van der Waals surface area contributed by atoms with Crippen LogP contribution >= 0.6 is 0 Å². The zero-order chi connectivity index (χ0) is 25.7. The number of halogens is 1. The predicted octanol–water partition coefficient (Wildman–Crippen LogP) is 1.38. The zero-order valence-corrected chi connectivity index (χ0v) is 19.6. The van der Waals surface area contributed by atoms with Crippen LogP contribution in [0.5, 0.6) is 0 Å². The molecule has 1 saturated heterocycles. The Morgan fingerprint density at radius 3 is 2.92 bits per heavy atom. The van der Waals surface area contributed by atoms with E-state index < -0.39 is 24.1 Å². The van der Waals surface area contributed by atoms with Crippen LogP contribution in [0.25, 0.3) is 5.69 Å². The summed E-state index contributed by atoms with van der Waals surface area (Å²) in [6.07, 6.45) is 1.38. The number of nitrogens with one attached hydrogen (secondary N) is 1. The van der Waals surface area contributed by atoms with Gasteiger partial charge in [-0.2, -0.15) is 5.10 Å². The molecular weight excluding hydrogens is 479 g/mol. The summed E-state index contributed by atoms with van der Waals surface area (Å²) in [7, 11) is 1.23. The first kappa shape index (κ1) is 24.9. The van der Waals surface area contributed by atoms with E-state index in [9.17, 15) is 14.0 Å². The molecule has 0 unspecified atom stereocenters. The summed E-state index contributed by atoms with van der Waals surface area (Å²) in [4.78, 5) is 34.6. The first-order valence-corrected chi connectivity index (χ1v) is 10.9. The predicted molar refractivity (Wildman–Crippen MR) is 121 cm³/mol. The lowest BCUT2D eigenvalue weighted by Gasteiger charge is -2.14. The van der Waals surface area contributed by atoms with Crippen LogP contribution in [-0.4, -0.2) is 69.9 Å². The number of aromatic nitrogens is 5. The van der Waals surface area contributed by atoms with Crippen molar-refractivity contribution in [3.05, 3.63) is 47.7 Å². The van der Waals surface area contributed by atoms with E-state index in [1.54, 1.807) is 30.1 Å². The highest BCUT2D eigenvalue weighted by Gasteiger charge is 2.33. The molecule has 2 aromatic heterocycles. The van der Waals surface area contributed by atoms with Crippen LogP contribution < -0.4 is 16.0 Å². The first-order chi connectivity index (χ1) is 17.4. The minimum atomic E-state index is -0.647. The number of nitrogens with two attached hydrogens (primary N) is 1. The van der Waals surface area contributed by atoms with Crippen LogP contribution in [0.1, 0.15) is 18.2 Å². The van der Waals surface area contributed by atoms with E-state index in [1.807, 2.05) is 0 Å². The Morgan fingerprint density at radius 2 is 2.17 bits per heavy atom. The summed E-state index contributed by atoms with van der Waals surface area (Å²) in [6, 6.07) is 4.24. The van der Waals surface area contributed by atoms with Crippen molar-refractivity contribution in [2.75, 3.05) is 37.4 Å². The molecule has 4 rings (SSSR count). The van der Waals surface area contributed by atoms with Crippen LogP contribution in [0.2, 0.25) is 0 Å². The maximum absolute atomic E-state index is 15.0. The van der Waals surface area contributed by atoms with Crippen molar-refractivity contribution >= 4 is 23.7 Å². The third-order valence-corrected chi connectivity index (χ3v) is 5.17. The maximum Gasteiger partial charge on any atom is 0.414 e. The maximum atomic E-state index is 15.0. The average Bonchev–Trinajstić information content (AvgIpc) is 3.56. The Labute approximate surface area is 204 Å². The average molecular weight is 504 g/mol.